The zero-order valence-corrected chi connectivity index (χ0v) is 14.5. The van der Waals surface area contributed by atoms with Crippen LogP contribution in [0.1, 0.15) is 21.9 Å². The van der Waals surface area contributed by atoms with Crippen LogP contribution >= 0.6 is 22.7 Å². The molecule has 1 N–H and O–H groups in total. The minimum atomic E-state index is 0.0910. The summed E-state index contributed by atoms with van der Waals surface area (Å²) in [6.07, 6.45) is 1.30. The van der Waals surface area contributed by atoms with Gasteiger partial charge in [-0.3, -0.25) is 4.79 Å². The van der Waals surface area contributed by atoms with Crippen molar-refractivity contribution in [3.05, 3.63) is 63.3 Å². The van der Waals surface area contributed by atoms with Crippen LogP contribution in [0, 0.1) is 6.92 Å². The van der Waals surface area contributed by atoms with Crippen molar-refractivity contribution in [1.82, 2.24) is 10.3 Å². The third-order valence-corrected chi connectivity index (χ3v) is 5.36. The normalized spacial score (nSPS) is 10.7. The van der Waals surface area contributed by atoms with E-state index in [2.05, 4.69) is 39.9 Å². The molecule has 0 unspecified atom stereocenters. The molecule has 2 heterocycles. The van der Waals surface area contributed by atoms with Crippen LogP contribution < -0.4 is 5.32 Å². The summed E-state index contributed by atoms with van der Waals surface area (Å²) in [7, 11) is 0. The first-order valence-electron chi connectivity index (χ1n) is 7.52. The number of carbonyl (C=O) groups is 1. The van der Waals surface area contributed by atoms with Crippen LogP contribution in [-0.2, 0) is 17.8 Å². The quantitative estimate of drug-likeness (QED) is 0.720. The topological polar surface area (TPSA) is 42.0 Å². The molecule has 23 heavy (non-hydrogen) atoms. The Balaban J connectivity index is 1.48. The van der Waals surface area contributed by atoms with Crippen molar-refractivity contribution in [3.8, 4) is 10.6 Å². The van der Waals surface area contributed by atoms with Gasteiger partial charge in [-0.25, -0.2) is 4.98 Å². The first kappa shape index (κ1) is 15.9. The van der Waals surface area contributed by atoms with Crippen LogP contribution in [0.25, 0.3) is 10.6 Å². The second-order valence-electron chi connectivity index (χ2n) is 5.28. The van der Waals surface area contributed by atoms with Crippen molar-refractivity contribution in [2.45, 2.75) is 26.3 Å². The molecule has 0 saturated heterocycles. The molecule has 0 spiro atoms. The molecule has 0 saturated carbocycles. The molecule has 1 amide bonds. The fraction of sp³-hybridized carbons (Fsp3) is 0.222. The van der Waals surface area contributed by atoms with E-state index in [1.165, 1.54) is 5.56 Å². The molecule has 0 atom stereocenters. The largest absolute Gasteiger partial charge is 0.351 e. The number of nitrogens with zero attached hydrogens (tertiary/aromatic N) is 1. The Morgan fingerprint density at radius 3 is 2.74 bits per heavy atom. The van der Waals surface area contributed by atoms with Crippen molar-refractivity contribution in [2.24, 2.45) is 0 Å². The van der Waals surface area contributed by atoms with Crippen molar-refractivity contribution < 1.29 is 4.79 Å². The fourth-order valence-corrected chi connectivity index (χ4v) is 3.86. The van der Waals surface area contributed by atoms with Gasteiger partial charge in [-0.1, -0.05) is 30.3 Å². The van der Waals surface area contributed by atoms with E-state index in [1.54, 1.807) is 22.7 Å². The highest BCUT2D eigenvalue weighted by atomic mass is 32.1. The molecule has 0 bridgehead atoms. The zero-order valence-electron chi connectivity index (χ0n) is 12.9. The second-order valence-corrected chi connectivity index (χ2v) is 7.51. The number of aromatic nitrogens is 1. The van der Waals surface area contributed by atoms with Gasteiger partial charge in [0.2, 0.25) is 5.91 Å². The monoisotopic (exact) mass is 342 g/mol. The SMILES string of the molecule is Cc1nc(-c2ccc(CNC(=O)CCc3ccccc3)s2)cs1. The van der Waals surface area contributed by atoms with Crippen LogP contribution in [-0.4, -0.2) is 10.9 Å². The summed E-state index contributed by atoms with van der Waals surface area (Å²) in [6.45, 7) is 2.59. The maximum absolute atomic E-state index is 12.0. The summed E-state index contributed by atoms with van der Waals surface area (Å²) in [4.78, 5) is 18.8. The summed E-state index contributed by atoms with van der Waals surface area (Å²) in [5.41, 5.74) is 2.22. The number of hydrogen-bond acceptors (Lipinski definition) is 4. The number of carbonyl (C=O) groups excluding carboxylic acids is 1. The van der Waals surface area contributed by atoms with Crippen LogP contribution in [0.3, 0.4) is 0 Å². The third-order valence-electron chi connectivity index (χ3n) is 3.48. The molecule has 0 radical (unpaired) electrons. The van der Waals surface area contributed by atoms with Gasteiger partial charge in [0.1, 0.15) is 0 Å². The van der Waals surface area contributed by atoms with Crippen LogP contribution in [0.4, 0.5) is 0 Å². The Labute approximate surface area is 144 Å². The first-order valence-corrected chi connectivity index (χ1v) is 9.22. The van der Waals surface area contributed by atoms with Crippen molar-refractivity contribution in [1.29, 1.82) is 0 Å². The number of benzene rings is 1. The highest BCUT2D eigenvalue weighted by Gasteiger charge is 2.07. The lowest BCUT2D eigenvalue weighted by atomic mass is 10.1. The van der Waals surface area contributed by atoms with Gasteiger partial charge in [-0.05, 0) is 31.0 Å². The Bertz CT molecular complexity index is 777. The van der Waals surface area contributed by atoms with E-state index >= 15 is 0 Å². The summed E-state index contributed by atoms with van der Waals surface area (Å²) in [5, 5.41) is 6.14. The molecule has 118 valence electrons. The Hall–Kier alpha value is -1.98. The first-order chi connectivity index (χ1) is 11.2. The van der Waals surface area contributed by atoms with E-state index in [4.69, 9.17) is 0 Å². The number of thiazole rings is 1. The van der Waals surface area contributed by atoms with Gasteiger partial charge in [-0.2, -0.15) is 0 Å². The zero-order chi connectivity index (χ0) is 16.1. The minimum Gasteiger partial charge on any atom is -0.351 e. The number of hydrogen-bond donors (Lipinski definition) is 1. The molecule has 2 aromatic heterocycles. The lowest BCUT2D eigenvalue weighted by molar-refractivity contribution is -0.121. The molecular weight excluding hydrogens is 324 g/mol. The molecule has 3 rings (SSSR count). The van der Waals surface area contributed by atoms with E-state index in [0.29, 0.717) is 13.0 Å². The van der Waals surface area contributed by atoms with E-state index in [1.807, 2.05) is 25.1 Å². The Morgan fingerprint density at radius 1 is 1.17 bits per heavy atom. The average Bonchev–Trinajstić information content (AvgIpc) is 3.20. The lowest BCUT2D eigenvalue weighted by Crippen LogP contribution is -2.22. The molecule has 1 aromatic carbocycles. The van der Waals surface area contributed by atoms with Gasteiger partial charge in [0, 0.05) is 16.7 Å². The summed E-state index contributed by atoms with van der Waals surface area (Å²) in [6, 6.07) is 14.2. The van der Waals surface area contributed by atoms with Crippen molar-refractivity contribution in [3.63, 3.8) is 0 Å². The highest BCUT2D eigenvalue weighted by Crippen LogP contribution is 2.28. The van der Waals surface area contributed by atoms with Gasteiger partial charge in [0.25, 0.3) is 0 Å². The third kappa shape index (κ3) is 4.50. The number of thiophene rings is 1. The van der Waals surface area contributed by atoms with Crippen molar-refractivity contribution in [2.75, 3.05) is 0 Å². The maximum atomic E-state index is 12.0. The number of aryl methyl sites for hydroxylation is 2. The second kappa shape index (κ2) is 7.53. The van der Waals surface area contributed by atoms with Gasteiger partial charge in [0.15, 0.2) is 0 Å². The predicted molar refractivity (Wildman–Crippen MR) is 96.8 cm³/mol. The smallest absolute Gasteiger partial charge is 0.220 e. The van der Waals surface area contributed by atoms with Gasteiger partial charge >= 0.3 is 0 Å². The van der Waals surface area contributed by atoms with E-state index in [9.17, 15) is 4.79 Å². The highest BCUT2D eigenvalue weighted by molar-refractivity contribution is 7.16. The fourth-order valence-electron chi connectivity index (χ4n) is 2.26. The molecule has 0 aliphatic rings. The molecule has 3 nitrogen and oxygen atoms in total. The van der Waals surface area contributed by atoms with Gasteiger partial charge in [-0.15, -0.1) is 22.7 Å². The molecule has 0 aliphatic carbocycles. The number of nitrogens with one attached hydrogen (secondary N) is 1. The molecule has 3 aromatic rings. The van der Waals surface area contributed by atoms with Crippen LogP contribution in [0.15, 0.2) is 47.8 Å². The summed E-state index contributed by atoms with van der Waals surface area (Å²) >= 11 is 3.34. The summed E-state index contributed by atoms with van der Waals surface area (Å²) in [5.74, 6) is 0.0910. The maximum Gasteiger partial charge on any atom is 0.220 e. The van der Waals surface area contributed by atoms with Gasteiger partial charge < -0.3 is 5.32 Å². The molecular formula is C18H18N2OS2. The van der Waals surface area contributed by atoms with Crippen LogP contribution in [0.5, 0.6) is 0 Å². The molecule has 0 fully saturated rings. The van der Waals surface area contributed by atoms with E-state index in [0.717, 1.165) is 26.9 Å². The van der Waals surface area contributed by atoms with Gasteiger partial charge in [0.05, 0.1) is 22.1 Å². The van der Waals surface area contributed by atoms with E-state index in [-0.39, 0.29) is 5.91 Å². The van der Waals surface area contributed by atoms with Crippen LogP contribution in [0.2, 0.25) is 0 Å². The number of amides is 1. The minimum absolute atomic E-state index is 0.0910. The Morgan fingerprint density at radius 2 is 2.00 bits per heavy atom. The lowest BCUT2D eigenvalue weighted by Gasteiger charge is -2.04. The molecule has 5 heteroatoms. The van der Waals surface area contributed by atoms with E-state index < -0.39 is 0 Å². The number of rotatable bonds is 6. The predicted octanol–water partition coefficient (Wildman–Crippen LogP) is 4.43. The summed E-state index contributed by atoms with van der Waals surface area (Å²) < 4.78 is 0. The van der Waals surface area contributed by atoms with Crippen molar-refractivity contribution >= 4 is 28.6 Å². The average molecular weight is 342 g/mol. The standard InChI is InChI=1S/C18H18N2OS2/c1-13-20-16(12-22-13)17-9-8-15(23-17)11-19-18(21)10-7-14-5-3-2-4-6-14/h2-6,8-9,12H,7,10-11H2,1H3,(H,19,21). The molecule has 0 aliphatic heterocycles. The Kier molecular flexibility index (Phi) is 5.20.